The van der Waals surface area contributed by atoms with E-state index in [4.69, 9.17) is 0 Å². The molecule has 0 N–H and O–H groups in total. The first-order chi connectivity index (χ1) is 11.7. The number of aromatic nitrogens is 1. The Bertz CT molecular complexity index is 588. The number of likely N-dealkylation sites (tertiary alicyclic amines) is 1. The molecule has 1 fully saturated rings. The maximum absolute atomic E-state index is 11.4. The number of nitro benzene ring substituents is 1. The average Bonchev–Trinajstić information content (AvgIpc) is 3.04. The van der Waals surface area contributed by atoms with Gasteiger partial charge < -0.3 is 4.90 Å². The molecule has 0 aliphatic carbocycles. The van der Waals surface area contributed by atoms with E-state index in [0.717, 1.165) is 18.5 Å². The van der Waals surface area contributed by atoms with Gasteiger partial charge in [-0.15, -0.1) is 0 Å². The summed E-state index contributed by atoms with van der Waals surface area (Å²) in [6.45, 7) is 5.34. The minimum atomic E-state index is -0.426. The lowest BCUT2D eigenvalue weighted by Gasteiger charge is -2.14. The molecule has 0 radical (unpaired) electrons. The SMILES string of the molecule is CC.O=C1CCCN1Cc1ccc([N+](=O)[O-])cc1.c1ccncc1. The summed E-state index contributed by atoms with van der Waals surface area (Å²) in [5.74, 6) is 0.165. The lowest BCUT2D eigenvalue weighted by Crippen LogP contribution is -2.23. The van der Waals surface area contributed by atoms with Crippen molar-refractivity contribution in [2.75, 3.05) is 6.54 Å². The Morgan fingerprint density at radius 1 is 1.12 bits per heavy atom. The van der Waals surface area contributed by atoms with Crippen LogP contribution in [0.25, 0.3) is 0 Å². The van der Waals surface area contributed by atoms with Gasteiger partial charge in [0.05, 0.1) is 4.92 Å². The van der Waals surface area contributed by atoms with Gasteiger partial charge in [-0.1, -0.05) is 32.0 Å². The third-order valence-electron chi connectivity index (χ3n) is 3.26. The van der Waals surface area contributed by atoms with Crippen molar-refractivity contribution in [2.45, 2.75) is 33.2 Å². The van der Waals surface area contributed by atoms with Gasteiger partial charge in [0.2, 0.25) is 5.91 Å². The van der Waals surface area contributed by atoms with Gasteiger partial charge in [0, 0.05) is 44.0 Å². The number of nitrogens with zero attached hydrogens (tertiary/aromatic N) is 3. The third kappa shape index (κ3) is 6.56. The molecule has 6 heteroatoms. The number of amides is 1. The molecule has 1 amide bonds. The van der Waals surface area contributed by atoms with Gasteiger partial charge in [0.25, 0.3) is 5.69 Å². The summed E-state index contributed by atoms with van der Waals surface area (Å²) in [4.78, 5) is 27.0. The minimum absolute atomic E-state index is 0.0801. The summed E-state index contributed by atoms with van der Waals surface area (Å²) in [5, 5.41) is 10.4. The zero-order valence-corrected chi connectivity index (χ0v) is 14.1. The van der Waals surface area contributed by atoms with E-state index >= 15 is 0 Å². The highest BCUT2D eigenvalue weighted by atomic mass is 16.6. The Morgan fingerprint density at radius 3 is 2.12 bits per heavy atom. The predicted octanol–water partition coefficient (Wildman–Crippen LogP) is 3.83. The molecular formula is C18H23N3O3. The lowest BCUT2D eigenvalue weighted by atomic mass is 10.2. The van der Waals surface area contributed by atoms with Crippen LogP contribution in [0.4, 0.5) is 5.69 Å². The summed E-state index contributed by atoms with van der Waals surface area (Å²) >= 11 is 0. The second-order valence-electron chi connectivity index (χ2n) is 4.87. The van der Waals surface area contributed by atoms with Gasteiger partial charge in [-0.05, 0) is 24.1 Å². The van der Waals surface area contributed by atoms with E-state index in [0.29, 0.717) is 13.0 Å². The van der Waals surface area contributed by atoms with Crippen molar-refractivity contribution < 1.29 is 9.72 Å². The van der Waals surface area contributed by atoms with Crippen LogP contribution in [0.15, 0.2) is 54.9 Å². The van der Waals surface area contributed by atoms with Crippen LogP contribution in [0.2, 0.25) is 0 Å². The van der Waals surface area contributed by atoms with Crippen LogP contribution in [0.3, 0.4) is 0 Å². The number of carbonyl (C=O) groups is 1. The maximum Gasteiger partial charge on any atom is 0.269 e. The monoisotopic (exact) mass is 329 g/mol. The van der Waals surface area contributed by atoms with Crippen LogP contribution < -0.4 is 0 Å². The summed E-state index contributed by atoms with van der Waals surface area (Å²) < 4.78 is 0. The molecule has 0 atom stereocenters. The fourth-order valence-electron chi connectivity index (χ4n) is 2.13. The number of benzene rings is 1. The zero-order valence-electron chi connectivity index (χ0n) is 14.1. The van der Waals surface area contributed by atoms with Crippen LogP contribution in [0.1, 0.15) is 32.3 Å². The van der Waals surface area contributed by atoms with Crippen molar-refractivity contribution in [2.24, 2.45) is 0 Å². The number of carbonyl (C=O) groups excluding carboxylic acids is 1. The van der Waals surface area contributed by atoms with Crippen LogP contribution in [-0.4, -0.2) is 27.3 Å². The Hall–Kier alpha value is -2.76. The molecule has 2 heterocycles. The highest BCUT2D eigenvalue weighted by molar-refractivity contribution is 5.78. The quantitative estimate of drug-likeness (QED) is 0.633. The third-order valence-corrected chi connectivity index (χ3v) is 3.26. The number of hydrogen-bond donors (Lipinski definition) is 0. The molecular weight excluding hydrogens is 306 g/mol. The topological polar surface area (TPSA) is 76.3 Å². The van der Waals surface area contributed by atoms with E-state index in [1.54, 1.807) is 29.4 Å². The predicted molar refractivity (Wildman–Crippen MR) is 93.3 cm³/mol. The fourth-order valence-corrected chi connectivity index (χ4v) is 2.13. The molecule has 1 aliphatic rings. The van der Waals surface area contributed by atoms with Gasteiger partial charge in [-0.25, -0.2) is 0 Å². The van der Waals surface area contributed by atoms with E-state index in [1.165, 1.54) is 12.1 Å². The Morgan fingerprint density at radius 2 is 1.75 bits per heavy atom. The van der Waals surface area contributed by atoms with Crippen LogP contribution in [0, 0.1) is 10.1 Å². The first-order valence-corrected chi connectivity index (χ1v) is 8.03. The summed E-state index contributed by atoms with van der Waals surface area (Å²) in [7, 11) is 0. The molecule has 1 aromatic heterocycles. The molecule has 0 spiro atoms. The Labute approximate surface area is 142 Å². The molecule has 0 saturated carbocycles. The normalized spacial score (nSPS) is 12.6. The molecule has 1 aliphatic heterocycles. The summed E-state index contributed by atoms with van der Waals surface area (Å²) in [6, 6.07) is 12.0. The smallest absolute Gasteiger partial charge is 0.269 e. The number of rotatable bonds is 3. The molecule has 3 rings (SSSR count). The van der Waals surface area contributed by atoms with Gasteiger partial charge in [0.1, 0.15) is 0 Å². The van der Waals surface area contributed by atoms with Crippen molar-refractivity contribution in [1.82, 2.24) is 9.88 Å². The van der Waals surface area contributed by atoms with Crippen LogP contribution >= 0.6 is 0 Å². The Balaban J connectivity index is 0.000000300. The van der Waals surface area contributed by atoms with Crippen LogP contribution in [-0.2, 0) is 11.3 Å². The number of hydrogen-bond acceptors (Lipinski definition) is 4. The average molecular weight is 329 g/mol. The van der Waals surface area contributed by atoms with E-state index < -0.39 is 4.92 Å². The highest BCUT2D eigenvalue weighted by Crippen LogP contribution is 2.16. The van der Waals surface area contributed by atoms with Crippen LogP contribution in [0.5, 0.6) is 0 Å². The summed E-state index contributed by atoms with van der Waals surface area (Å²) in [5.41, 5.74) is 1.01. The highest BCUT2D eigenvalue weighted by Gasteiger charge is 2.20. The largest absolute Gasteiger partial charge is 0.338 e. The van der Waals surface area contributed by atoms with Crippen molar-refractivity contribution in [1.29, 1.82) is 0 Å². The molecule has 1 aromatic carbocycles. The molecule has 0 unspecified atom stereocenters. The molecule has 128 valence electrons. The molecule has 0 bridgehead atoms. The first kappa shape index (κ1) is 19.3. The van der Waals surface area contributed by atoms with Gasteiger partial charge in [-0.3, -0.25) is 19.9 Å². The maximum atomic E-state index is 11.4. The fraction of sp³-hybridized carbons (Fsp3) is 0.333. The van der Waals surface area contributed by atoms with Gasteiger partial charge >= 0.3 is 0 Å². The second-order valence-corrected chi connectivity index (χ2v) is 4.87. The number of pyridine rings is 1. The Kier molecular flexibility index (Phi) is 8.74. The molecule has 1 saturated heterocycles. The standard InChI is InChI=1S/C11H12N2O3.C5H5N.C2H6/c14-11-2-1-7-12(11)8-9-3-5-10(6-4-9)13(15)16;1-2-4-6-5-3-1;1-2/h3-6H,1-2,7-8H2;1-5H;1-2H3. The number of non-ortho nitro benzene ring substituents is 1. The molecule has 6 nitrogen and oxygen atoms in total. The van der Waals surface area contributed by atoms with Crippen molar-refractivity contribution >= 4 is 11.6 Å². The van der Waals surface area contributed by atoms with Crippen molar-refractivity contribution in [3.63, 3.8) is 0 Å². The van der Waals surface area contributed by atoms with Crippen molar-refractivity contribution in [3.05, 3.63) is 70.5 Å². The van der Waals surface area contributed by atoms with E-state index in [9.17, 15) is 14.9 Å². The zero-order chi connectivity index (χ0) is 17.8. The van der Waals surface area contributed by atoms with E-state index in [-0.39, 0.29) is 11.6 Å². The lowest BCUT2D eigenvalue weighted by molar-refractivity contribution is -0.384. The molecule has 24 heavy (non-hydrogen) atoms. The molecule has 2 aromatic rings. The van der Waals surface area contributed by atoms with Gasteiger partial charge in [-0.2, -0.15) is 0 Å². The van der Waals surface area contributed by atoms with Gasteiger partial charge in [0.15, 0.2) is 0 Å². The van der Waals surface area contributed by atoms with E-state index in [2.05, 4.69) is 4.98 Å². The first-order valence-electron chi connectivity index (χ1n) is 8.03. The van der Waals surface area contributed by atoms with E-state index in [1.807, 2.05) is 32.0 Å². The second kappa shape index (κ2) is 10.9. The number of nitro groups is 1. The van der Waals surface area contributed by atoms with Crippen molar-refractivity contribution in [3.8, 4) is 0 Å². The minimum Gasteiger partial charge on any atom is -0.338 e. The summed E-state index contributed by atoms with van der Waals surface area (Å²) in [6.07, 6.45) is 5.03.